The number of fused-ring (bicyclic) bond motifs is 1. The molecule has 0 spiro atoms. The van der Waals surface area contributed by atoms with E-state index in [4.69, 9.17) is 4.52 Å². The SMILES string of the molecule is O=c1onc(/C=C/c2ccccc2)n1CC(O)CN1CCc2ccccc2C1. The number of benzene rings is 2. The Labute approximate surface area is 163 Å². The highest BCUT2D eigenvalue weighted by Gasteiger charge is 2.20. The third-order valence-electron chi connectivity index (χ3n) is 5.01. The number of rotatable bonds is 6. The molecule has 2 heterocycles. The Morgan fingerprint density at radius 3 is 2.61 bits per heavy atom. The van der Waals surface area contributed by atoms with Crippen LogP contribution in [-0.2, 0) is 19.5 Å². The summed E-state index contributed by atoms with van der Waals surface area (Å²) >= 11 is 0. The van der Waals surface area contributed by atoms with Crippen LogP contribution in [0.3, 0.4) is 0 Å². The highest BCUT2D eigenvalue weighted by molar-refractivity contribution is 5.66. The predicted molar refractivity (Wildman–Crippen MR) is 108 cm³/mol. The Kier molecular flexibility index (Phi) is 5.50. The summed E-state index contributed by atoms with van der Waals surface area (Å²) in [5.74, 6) is -0.160. The van der Waals surface area contributed by atoms with E-state index >= 15 is 0 Å². The zero-order valence-corrected chi connectivity index (χ0v) is 15.6. The zero-order chi connectivity index (χ0) is 19.3. The molecular weight excluding hydrogens is 354 g/mol. The predicted octanol–water partition coefficient (Wildman–Crippen LogP) is 2.43. The van der Waals surface area contributed by atoms with E-state index in [0.717, 1.165) is 25.1 Å². The van der Waals surface area contributed by atoms with Crippen molar-refractivity contribution >= 4 is 12.2 Å². The van der Waals surface area contributed by atoms with Gasteiger partial charge in [0.15, 0.2) is 5.82 Å². The molecule has 1 unspecified atom stereocenters. The molecule has 6 nitrogen and oxygen atoms in total. The standard InChI is InChI=1S/C22H23N3O3/c26-20(15-24-13-12-18-8-4-5-9-19(18)14-24)16-25-21(23-28-22(25)27)11-10-17-6-2-1-3-7-17/h1-11,20,26H,12-16H2/b11-10+. The lowest BCUT2D eigenvalue weighted by atomic mass is 10.00. The van der Waals surface area contributed by atoms with E-state index in [0.29, 0.717) is 12.4 Å². The summed E-state index contributed by atoms with van der Waals surface area (Å²) in [6.07, 6.45) is 3.87. The monoisotopic (exact) mass is 377 g/mol. The molecule has 28 heavy (non-hydrogen) atoms. The van der Waals surface area contributed by atoms with Crippen molar-refractivity contribution in [3.63, 3.8) is 0 Å². The van der Waals surface area contributed by atoms with E-state index in [1.807, 2.05) is 42.5 Å². The van der Waals surface area contributed by atoms with Gasteiger partial charge in [-0.15, -0.1) is 0 Å². The third-order valence-corrected chi connectivity index (χ3v) is 5.01. The van der Waals surface area contributed by atoms with Gasteiger partial charge in [0.2, 0.25) is 0 Å². The van der Waals surface area contributed by atoms with Gasteiger partial charge in [-0.25, -0.2) is 4.79 Å². The maximum Gasteiger partial charge on any atom is 0.441 e. The van der Waals surface area contributed by atoms with Crippen molar-refractivity contribution in [1.29, 1.82) is 0 Å². The second kappa shape index (κ2) is 8.37. The van der Waals surface area contributed by atoms with Gasteiger partial charge in [-0.3, -0.25) is 14.0 Å². The molecule has 0 radical (unpaired) electrons. The number of aliphatic hydroxyl groups is 1. The van der Waals surface area contributed by atoms with Gasteiger partial charge in [0, 0.05) is 19.6 Å². The van der Waals surface area contributed by atoms with Crippen LogP contribution in [0.2, 0.25) is 0 Å². The third kappa shape index (κ3) is 4.30. The Bertz CT molecular complexity index is 1010. The first-order valence-electron chi connectivity index (χ1n) is 9.46. The lowest BCUT2D eigenvalue weighted by Gasteiger charge is -2.30. The first-order chi connectivity index (χ1) is 13.7. The minimum absolute atomic E-state index is 0.148. The number of β-amino-alcohol motifs (C(OH)–C–C–N with tert-alkyl or cyclic N) is 1. The smallest absolute Gasteiger partial charge is 0.390 e. The van der Waals surface area contributed by atoms with Crippen molar-refractivity contribution in [2.45, 2.75) is 25.6 Å². The van der Waals surface area contributed by atoms with Gasteiger partial charge >= 0.3 is 5.76 Å². The molecule has 6 heteroatoms. The Morgan fingerprint density at radius 2 is 1.79 bits per heavy atom. The van der Waals surface area contributed by atoms with Gasteiger partial charge < -0.3 is 5.11 Å². The Hall–Kier alpha value is -2.96. The number of nitrogens with zero attached hydrogens (tertiary/aromatic N) is 3. The van der Waals surface area contributed by atoms with Gasteiger partial charge in [-0.1, -0.05) is 65.8 Å². The molecule has 0 aliphatic carbocycles. The van der Waals surface area contributed by atoms with Crippen LogP contribution in [0.25, 0.3) is 12.2 Å². The number of hydrogen-bond acceptors (Lipinski definition) is 5. The van der Waals surface area contributed by atoms with E-state index in [2.05, 4.69) is 28.3 Å². The van der Waals surface area contributed by atoms with Crippen molar-refractivity contribution in [3.05, 3.63) is 87.7 Å². The van der Waals surface area contributed by atoms with E-state index < -0.39 is 11.9 Å². The van der Waals surface area contributed by atoms with E-state index in [-0.39, 0.29) is 6.54 Å². The second-order valence-electron chi connectivity index (χ2n) is 7.07. The van der Waals surface area contributed by atoms with Crippen LogP contribution in [0.5, 0.6) is 0 Å². The van der Waals surface area contributed by atoms with Crippen LogP contribution in [0.1, 0.15) is 22.5 Å². The average Bonchev–Trinajstić information content (AvgIpc) is 3.06. The molecule has 3 aromatic rings. The zero-order valence-electron chi connectivity index (χ0n) is 15.6. The van der Waals surface area contributed by atoms with Gasteiger partial charge in [-0.05, 0) is 29.2 Å². The first kappa shape index (κ1) is 18.4. The highest BCUT2D eigenvalue weighted by Crippen LogP contribution is 2.18. The molecule has 4 rings (SSSR count). The molecule has 0 amide bonds. The molecular formula is C22H23N3O3. The maximum atomic E-state index is 12.0. The van der Waals surface area contributed by atoms with E-state index in [1.54, 1.807) is 6.08 Å². The molecule has 1 aliphatic rings. The fourth-order valence-electron chi connectivity index (χ4n) is 3.58. The number of aromatic nitrogens is 2. The van der Waals surface area contributed by atoms with Crippen molar-refractivity contribution in [2.75, 3.05) is 13.1 Å². The van der Waals surface area contributed by atoms with Crippen LogP contribution in [-0.4, -0.2) is 38.9 Å². The summed E-state index contributed by atoms with van der Waals surface area (Å²) < 4.78 is 6.18. The lowest BCUT2D eigenvalue weighted by Crippen LogP contribution is -2.39. The van der Waals surface area contributed by atoms with Crippen LogP contribution in [0.15, 0.2) is 63.9 Å². The van der Waals surface area contributed by atoms with Crippen molar-refractivity contribution in [2.24, 2.45) is 0 Å². The van der Waals surface area contributed by atoms with Crippen LogP contribution < -0.4 is 5.76 Å². The second-order valence-corrected chi connectivity index (χ2v) is 7.07. The molecule has 0 saturated heterocycles. The summed E-state index contributed by atoms with van der Waals surface area (Å²) in [5.41, 5.74) is 3.67. The van der Waals surface area contributed by atoms with Crippen molar-refractivity contribution in [3.8, 4) is 0 Å². The summed E-state index contributed by atoms with van der Waals surface area (Å²) in [7, 11) is 0. The van der Waals surface area contributed by atoms with Crippen molar-refractivity contribution in [1.82, 2.24) is 14.6 Å². The minimum atomic E-state index is -0.689. The normalized spacial score (nSPS) is 15.6. The van der Waals surface area contributed by atoms with Gasteiger partial charge in [0.1, 0.15) is 0 Å². The summed E-state index contributed by atoms with van der Waals surface area (Å²) in [5, 5.41) is 14.4. The minimum Gasteiger partial charge on any atom is -0.390 e. The molecule has 0 fully saturated rings. The maximum absolute atomic E-state index is 12.0. The Morgan fingerprint density at radius 1 is 1.04 bits per heavy atom. The molecule has 1 N–H and O–H groups in total. The number of aliphatic hydroxyl groups excluding tert-OH is 1. The largest absolute Gasteiger partial charge is 0.441 e. The van der Waals surface area contributed by atoms with Crippen LogP contribution in [0, 0.1) is 0 Å². The van der Waals surface area contributed by atoms with Gasteiger partial charge in [0.25, 0.3) is 0 Å². The fraction of sp³-hybridized carbons (Fsp3) is 0.273. The topological polar surface area (TPSA) is 71.5 Å². The van der Waals surface area contributed by atoms with Gasteiger partial charge in [-0.2, -0.15) is 0 Å². The molecule has 1 atom stereocenters. The molecule has 1 aliphatic heterocycles. The van der Waals surface area contributed by atoms with E-state index in [1.165, 1.54) is 15.7 Å². The molecule has 1 aromatic heterocycles. The first-order valence-corrected chi connectivity index (χ1v) is 9.46. The van der Waals surface area contributed by atoms with Crippen LogP contribution >= 0.6 is 0 Å². The quantitative estimate of drug-likeness (QED) is 0.714. The van der Waals surface area contributed by atoms with E-state index in [9.17, 15) is 9.90 Å². The summed E-state index contributed by atoms with van der Waals surface area (Å²) in [6, 6.07) is 18.1. The number of hydrogen-bond donors (Lipinski definition) is 1. The molecule has 2 aromatic carbocycles. The lowest BCUT2D eigenvalue weighted by molar-refractivity contribution is 0.0900. The Balaban J connectivity index is 1.41. The average molecular weight is 377 g/mol. The van der Waals surface area contributed by atoms with Crippen molar-refractivity contribution < 1.29 is 9.63 Å². The van der Waals surface area contributed by atoms with Gasteiger partial charge in [0.05, 0.1) is 12.6 Å². The molecule has 0 bridgehead atoms. The summed E-state index contributed by atoms with van der Waals surface area (Å²) in [4.78, 5) is 14.2. The summed E-state index contributed by atoms with van der Waals surface area (Å²) in [6.45, 7) is 2.35. The fourth-order valence-corrected chi connectivity index (χ4v) is 3.58. The van der Waals surface area contributed by atoms with Crippen LogP contribution in [0.4, 0.5) is 0 Å². The highest BCUT2D eigenvalue weighted by atomic mass is 16.5. The molecule has 0 saturated carbocycles. The molecule has 144 valence electrons.